The van der Waals surface area contributed by atoms with E-state index in [0.29, 0.717) is 4.08 Å². The molecule has 4 heteroatoms. The molecular formula is C21H30N2S2. The van der Waals surface area contributed by atoms with Crippen LogP contribution < -0.4 is 0 Å². The number of rotatable bonds is 6. The predicted octanol–water partition coefficient (Wildman–Crippen LogP) is 5.77. The first-order chi connectivity index (χ1) is 11.9. The van der Waals surface area contributed by atoms with Crippen molar-refractivity contribution in [1.29, 1.82) is 0 Å². The van der Waals surface area contributed by atoms with Crippen molar-refractivity contribution in [2.24, 2.45) is 0 Å². The van der Waals surface area contributed by atoms with E-state index in [0.717, 1.165) is 11.8 Å². The van der Waals surface area contributed by atoms with Crippen molar-refractivity contribution < 1.29 is 0 Å². The monoisotopic (exact) mass is 374 g/mol. The molecule has 1 aromatic carbocycles. The van der Waals surface area contributed by atoms with E-state index in [1.807, 2.05) is 12.5 Å². The molecule has 0 saturated carbocycles. The summed E-state index contributed by atoms with van der Waals surface area (Å²) in [7, 11) is 0. The Morgan fingerprint density at radius 2 is 2.00 bits per heavy atom. The van der Waals surface area contributed by atoms with Crippen molar-refractivity contribution in [1.82, 2.24) is 9.55 Å². The number of benzene rings is 1. The van der Waals surface area contributed by atoms with E-state index in [9.17, 15) is 0 Å². The molecule has 136 valence electrons. The maximum Gasteiger partial charge on any atom is 0.0945 e. The Morgan fingerprint density at radius 1 is 1.24 bits per heavy atom. The number of thioether (sulfide) groups is 2. The Kier molecular flexibility index (Phi) is 5.89. The standard InChI is InChI=1S/C21H30N2S2/c1-17-15-24-21(25-17,10-5-12-23-13-11-22-16-23)14-18-6-8-19(9-7-18)20(2,3)4/h6-9,11,13,16-17H,5,10,12,14-15H2,1-4H3. The molecule has 0 N–H and O–H groups in total. The molecule has 0 spiro atoms. The van der Waals surface area contributed by atoms with Crippen LogP contribution >= 0.6 is 23.5 Å². The first-order valence-electron chi connectivity index (χ1n) is 9.23. The molecule has 2 aromatic rings. The summed E-state index contributed by atoms with van der Waals surface area (Å²) in [6.45, 7) is 10.3. The van der Waals surface area contributed by atoms with Crippen LogP contribution in [0.2, 0.25) is 0 Å². The summed E-state index contributed by atoms with van der Waals surface area (Å²) in [4.78, 5) is 4.15. The Morgan fingerprint density at radius 3 is 2.56 bits per heavy atom. The first-order valence-corrected chi connectivity index (χ1v) is 11.1. The molecule has 0 amide bonds. The van der Waals surface area contributed by atoms with E-state index in [2.05, 4.69) is 91.2 Å². The number of nitrogens with zero attached hydrogens (tertiary/aromatic N) is 2. The fraction of sp³-hybridized carbons (Fsp3) is 0.571. The molecule has 1 aromatic heterocycles. The summed E-state index contributed by atoms with van der Waals surface area (Å²) in [5.41, 5.74) is 3.13. The van der Waals surface area contributed by atoms with Crippen molar-refractivity contribution in [2.45, 2.75) is 68.2 Å². The highest BCUT2D eigenvalue weighted by atomic mass is 32.2. The van der Waals surface area contributed by atoms with E-state index in [4.69, 9.17) is 0 Å². The van der Waals surface area contributed by atoms with Crippen LogP contribution in [0.15, 0.2) is 43.0 Å². The molecule has 2 atom stereocenters. The number of aryl methyl sites for hydroxylation is 1. The largest absolute Gasteiger partial charge is 0.337 e. The van der Waals surface area contributed by atoms with E-state index in [-0.39, 0.29) is 5.41 Å². The van der Waals surface area contributed by atoms with Crippen LogP contribution in [-0.4, -0.2) is 24.6 Å². The topological polar surface area (TPSA) is 17.8 Å². The van der Waals surface area contributed by atoms with Crippen LogP contribution in [0.4, 0.5) is 0 Å². The Balaban J connectivity index is 1.66. The first kappa shape index (κ1) is 18.9. The third-order valence-corrected chi connectivity index (χ3v) is 8.57. The number of hydrogen-bond acceptors (Lipinski definition) is 3. The Hall–Kier alpha value is -0.870. The molecule has 25 heavy (non-hydrogen) atoms. The maximum atomic E-state index is 4.15. The molecular weight excluding hydrogens is 344 g/mol. The van der Waals surface area contributed by atoms with Crippen molar-refractivity contribution >= 4 is 23.5 Å². The van der Waals surface area contributed by atoms with Crippen LogP contribution in [0.5, 0.6) is 0 Å². The molecule has 1 fully saturated rings. The normalized spacial score (nSPS) is 23.9. The third kappa shape index (κ3) is 5.07. The average Bonchev–Trinajstić information content (AvgIpc) is 3.18. The van der Waals surface area contributed by atoms with E-state index in [1.165, 1.54) is 36.1 Å². The average molecular weight is 375 g/mol. The van der Waals surface area contributed by atoms with Gasteiger partial charge in [0, 0.05) is 29.9 Å². The number of imidazole rings is 1. The van der Waals surface area contributed by atoms with Gasteiger partial charge in [-0.15, -0.1) is 23.5 Å². The van der Waals surface area contributed by atoms with Gasteiger partial charge < -0.3 is 4.57 Å². The molecule has 1 saturated heterocycles. The minimum absolute atomic E-state index is 0.229. The Labute approximate surface area is 161 Å². The van der Waals surface area contributed by atoms with Gasteiger partial charge in [0.15, 0.2) is 0 Å². The lowest BCUT2D eigenvalue weighted by molar-refractivity contribution is 0.577. The summed E-state index contributed by atoms with van der Waals surface area (Å²) < 4.78 is 2.53. The zero-order chi connectivity index (χ0) is 17.9. The molecule has 2 nitrogen and oxygen atoms in total. The van der Waals surface area contributed by atoms with E-state index >= 15 is 0 Å². The molecule has 0 radical (unpaired) electrons. The van der Waals surface area contributed by atoms with Gasteiger partial charge in [-0.25, -0.2) is 4.98 Å². The fourth-order valence-electron chi connectivity index (χ4n) is 3.40. The highest BCUT2D eigenvalue weighted by molar-refractivity contribution is 8.21. The highest BCUT2D eigenvalue weighted by Gasteiger charge is 2.38. The van der Waals surface area contributed by atoms with Crippen LogP contribution in [0.3, 0.4) is 0 Å². The van der Waals surface area contributed by atoms with Crippen LogP contribution in [0, 0.1) is 0 Å². The highest BCUT2D eigenvalue weighted by Crippen LogP contribution is 2.52. The summed E-state index contributed by atoms with van der Waals surface area (Å²) in [5, 5.41) is 0.757. The van der Waals surface area contributed by atoms with Gasteiger partial charge in [-0.2, -0.15) is 0 Å². The van der Waals surface area contributed by atoms with Gasteiger partial charge in [0.05, 0.1) is 10.4 Å². The number of aromatic nitrogens is 2. The van der Waals surface area contributed by atoms with Gasteiger partial charge in [-0.1, -0.05) is 52.0 Å². The second kappa shape index (κ2) is 7.79. The Bertz CT molecular complexity index is 658. The lowest BCUT2D eigenvalue weighted by Crippen LogP contribution is -2.22. The smallest absolute Gasteiger partial charge is 0.0945 e. The molecule has 1 aliphatic rings. The quantitative estimate of drug-likeness (QED) is 0.639. The SMILES string of the molecule is CC1CSC(CCCn2ccnc2)(Cc2ccc(C(C)(C)C)cc2)S1. The van der Waals surface area contributed by atoms with E-state index < -0.39 is 0 Å². The van der Waals surface area contributed by atoms with Crippen LogP contribution in [0.25, 0.3) is 0 Å². The van der Waals surface area contributed by atoms with E-state index in [1.54, 1.807) is 0 Å². The molecule has 1 aliphatic heterocycles. The predicted molar refractivity (Wildman–Crippen MR) is 113 cm³/mol. The van der Waals surface area contributed by atoms with Gasteiger partial charge in [0.1, 0.15) is 0 Å². The summed E-state index contributed by atoms with van der Waals surface area (Å²) in [6, 6.07) is 9.34. The molecule has 0 aliphatic carbocycles. The lowest BCUT2D eigenvalue weighted by Gasteiger charge is -2.28. The van der Waals surface area contributed by atoms with Crippen molar-refractivity contribution in [2.75, 3.05) is 5.75 Å². The molecule has 3 rings (SSSR count). The summed E-state index contributed by atoms with van der Waals surface area (Å²) in [6.07, 6.45) is 9.49. The minimum atomic E-state index is 0.229. The van der Waals surface area contributed by atoms with Gasteiger partial charge in [-0.05, 0) is 35.8 Å². The zero-order valence-electron chi connectivity index (χ0n) is 15.9. The lowest BCUT2D eigenvalue weighted by atomic mass is 9.86. The molecule has 2 heterocycles. The van der Waals surface area contributed by atoms with Gasteiger partial charge in [-0.3, -0.25) is 0 Å². The van der Waals surface area contributed by atoms with Gasteiger partial charge >= 0.3 is 0 Å². The fourth-order valence-corrected chi connectivity index (χ4v) is 7.19. The number of hydrogen-bond donors (Lipinski definition) is 0. The van der Waals surface area contributed by atoms with Crippen LogP contribution in [0.1, 0.15) is 51.7 Å². The third-order valence-electron chi connectivity index (χ3n) is 4.82. The molecule has 2 unspecified atom stereocenters. The summed E-state index contributed by atoms with van der Waals surface area (Å²) in [5.74, 6) is 1.27. The van der Waals surface area contributed by atoms with Gasteiger partial charge in [0.2, 0.25) is 0 Å². The summed E-state index contributed by atoms with van der Waals surface area (Å²) >= 11 is 4.37. The van der Waals surface area contributed by atoms with Gasteiger partial charge in [0.25, 0.3) is 0 Å². The molecule has 0 bridgehead atoms. The van der Waals surface area contributed by atoms with Crippen LogP contribution in [-0.2, 0) is 18.4 Å². The zero-order valence-corrected chi connectivity index (χ0v) is 17.5. The maximum absolute atomic E-state index is 4.15. The second-order valence-corrected chi connectivity index (χ2v) is 11.7. The van der Waals surface area contributed by atoms with Crippen molar-refractivity contribution in [3.63, 3.8) is 0 Å². The van der Waals surface area contributed by atoms with Crippen molar-refractivity contribution in [3.8, 4) is 0 Å². The van der Waals surface area contributed by atoms with Crippen molar-refractivity contribution in [3.05, 3.63) is 54.1 Å². The second-order valence-electron chi connectivity index (χ2n) is 8.18. The minimum Gasteiger partial charge on any atom is -0.337 e.